The fraction of sp³-hybridized carbons (Fsp3) is 0.318. The molecule has 0 N–H and O–H groups in total. The first-order valence-corrected chi connectivity index (χ1v) is 10.4. The average Bonchev–Trinajstić information content (AvgIpc) is 3.21. The highest BCUT2D eigenvalue weighted by molar-refractivity contribution is 9.10. The number of hydrogen-bond acceptors (Lipinski definition) is 4. The van der Waals surface area contributed by atoms with Gasteiger partial charge in [-0.2, -0.15) is 9.78 Å². The summed E-state index contributed by atoms with van der Waals surface area (Å²) in [6.07, 6.45) is 10.9. The van der Waals surface area contributed by atoms with Crippen molar-refractivity contribution >= 4 is 39.1 Å². The minimum Gasteiger partial charge on any atom is -0.465 e. The molecular weight excluding hydrogens is 418 g/mol. The zero-order chi connectivity index (χ0) is 19.5. The molecule has 1 aliphatic rings. The Hall–Kier alpha value is -2.47. The third-order valence-electron chi connectivity index (χ3n) is 5.09. The molecule has 144 valence electrons. The van der Waals surface area contributed by atoms with Gasteiger partial charge < -0.3 is 4.42 Å². The van der Waals surface area contributed by atoms with E-state index in [1.807, 2.05) is 43.3 Å². The molecule has 0 unspecified atom stereocenters. The summed E-state index contributed by atoms with van der Waals surface area (Å²) >= 11 is 3.45. The normalized spacial score (nSPS) is 16.3. The molecule has 5 nitrogen and oxygen atoms in total. The van der Waals surface area contributed by atoms with Crippen molar-refractivity contribution in [3.63, 3.8) is 0 Å². The Labute approximate surface area is 171 Å². The highest BCUT2D eigenvalue weighted by Crippen LogP contribution is 2.32. The number of aromatic nitrogens is 2. The fourth-order valence-corrected chi connectivity index (χ4v) is 4.05. The van der Waals surface area contributed by atoms with Crippen molar-refractivity contribution in [2.24, 2.45) is 5.10 Å². The van der Waals surface area contributed by atoms with Crippen LogP contribution in [0.1, 0.15) is 56.5 Å². The van der Waals surface area contributed by atoms with Gasteiger partial charge in [0.1, 0.15) is 11.6 Å². The van der Waals surface area contributed by atoms with Gasteiger partial charge >= 0.3 is 0 Å². The maximum absolute atomic E-state index is 13.2. The van der Waals surface area contributed by atoms with E-state index in [0.717, 1.165) is 40.0 Å². The molecule has 0 spiro atoms. The number of nitrogens with zero attached hydrogens (tertiary/aromatic N) is 3. The van der Waals surface area contributed by atoms with Gasteiger partial charge in [-0.15, -0.1) is 0 Å². The molecule has 3 aromatic rings. The van der Waals surface area contributed by atoms with Crippen LogP contribution in [0.3, 0.4) is 0 Å². The van der Waals surface area contributed by atoms with E-state index >= 15 is 0 Å². The predicted octanol–water partition coefficient (Wildman–Crippen LogP) is 5.74. The molecule has 2 aromatic heterocycles. The third kappa shape index (κ3) is 4.02. The van der Waals surface area contributed by atoms with Crippen LogP contribution in [0.5, 0.6) is 0 Å². The first kappa shape index (κ1) is 18.9. The van der Waals surface area contributed by atoms with E-state index in [1.165, 1.54) is 23.9 Å². The summed E-state index contributed by atoms with van der Waals surface area (Å²) in [6.45, 7) is 1.93. The van der Waals surface area contributed by atoms with Gasteiger partial charge in [0.2, 0.25) is 0 Å². The molecule has 4 rings (SSSR count). The molecule has 28 heavy (non-hydrogen) atoms. The number of furan rings is 1. The van der Waals surface area contributed by atoms with Gasteiger partial charge in [-0.05, 0) is 61.7 Å². The van der Waals surface area contributed by atoms with Crippen LogP contribution in [0.15, 0.2) is 61.0 Å². The van der Waals surface area contributed by atoms with Crippen LogP contribution in [0.4, 0.5) is 0 Å². The smallest absolute Gasteiger partial charge is 0.282 e. The van der Waals surface area contributed by atoms with E-state index in [-0.39, 0.29) is 11.5 Å². The summed E-state index contributed by atoms with van der Waals surface area (Å²) in [6, 6.07) is 9.35. The van der Waals surface area contributed by atoms with Crippen molar-refractivity contribution in [1.29, 1.82) is 0 Å². The van der Waals surface area contributed by atoms with Crippen molar-refractivity contribution in [3.05, 3.63) is 68.6 Å². The molecule has 6 heteroatoms. The van der Waals surface area contributed by atoms with Crippen LogP contribution in [0, 0.1) is 0 Å². The third-order valence-corrected chi connectivity index (χ3v) is 5.59. The van der Waals surface area contributed by atoms with Crippen LogP contribution in [0.2, 0.25) is 0 Å². The molecule has 0 aliphatic heterocycles. The lowest BCUT2D eigenvalue weighted by molar-refractivity contribution is 0.416. The first-order chi connectivity index (χ1) is 13.6. The van der Waals surface area contributed by atoms with E-state index in [1.54, 1.807) is 12.5 Å². The average molecular weight is 440 g/mol. The largest absolute Gasteiger partial charge is 0.465 e. The number of halogens is 1. The maximum Gasteiger partial charge on any atom is 0.282 e. The van der Waals surface area contributed by atoms with Gasteiger partial charge in [-0.1, -0.05) is 35.2 Å². The van der Waals surface area contributed by atoms with E-state index in [0.29, 0.717) is 5.39 Å². The van der Waals surface area contributed by atoms with Crippen molar-refractivity contribution in [2.45, 2.75) is 44.9 Å². The molecule has 0 radical (unpaired) electrons. The molecule has 1 aliphatic carbocycles. The van der Waals surface area contributed by atoms with Crippen LogP contribution >= 0.6 is 15.9 Å². The maximum atomic E-state index is 13.2. The van der Waals surface area contributed by atoms with Crippen molar-refractivity contribution in [2.75, 3.05) is 0 Å². The minimum absolute atomic E-state index is 0.131. The molecule has 0 atom stereocenters. The Balaban J connectivity index is 1.80. The van der Waals surface area contributed by atoms with Crippen LogP contribution in [0.25, 0.3) is 17.0 Å². The lowest BCUT2D eigenvalue weighted by atomic mass is 9.88. The fourth-order valence-electron chi connectivity index (χ4n) is 3.69. The molecule has 1 aromatic carbocycles. The van der Waals surface area contributed by atoms with E-state index in [9.17, 15) is 4.79 Å². The second-order valence-electron chi connectivity index (χ2n) is 7.23. The number of benzene rings is 1. The number of fused-ring (bicyclic) bond motifs is 1. The van der Waals surface area contributed by atoms with Gasteiger partial charge in [0.05, 0.1) is 23.4 Å². The summed E-state index contributed by atoms with van der Waals surface area (Å²) in [4.78, 5) is 18.1. The van der Waals surface area contributed by atoms with Gasteiger partial charge in [-0.3, -0.25) is 4.79 Å². The molecule has 0 saturated heterocycles. The van der Waals surface area contributed by atoms with Crippen molar-refractivity contribution in [1.82, 2.24) is 9.66 Å². The van der Waals surface area contributed by atoms with Gasteiger partial charge in [0.15, 0.2) is 0 Å². The van der Waals surface area contributed by atoms with Crippen LogP contribution < -0.4 is 5.56 Å². The van der Waals surface area contributed by atoms with Gasteiger partial charge in [-0.25, -0.2) is 4.98 Å². The van der Waals surface area contributed by atoms with Gasteiger partial charge in [0, 0.05) is 10.4 Å². The summed E-state index contributed by atoms with van der Waals surface area (Å²) in [7, 11) is 0. The lowest BCUT2D eigenvalue weighted by Crippen LogP contribution is -2.25. The van der Waals surface area contributed by atoms with Crippen molar-refractivity contribution in [3.8, 4) is 0 Å². The van der Waals surface area contributed by atoms with Gasteiger partial charge in [0.25, 0.3) is 5.56 Å². The van der Waals surface area contributed by atoms with Crippen LogP contribution in [-0.2, 0) is 0 Å². The summed E-state index contributed by atoms with van der Waals surface area (Å²) in [5.74, 6) is 1.78. The number of rotatable bonds is 4. The molecule has 1 fully saturated rings. The molecule has 1 saturated carbocycles. The summed E-state index contributed by atoms with van der Waals surface area (Å²) in [5.41, 5.74) is 1.49. The Morgan fingerprint density at radius 1 is 1.29 bits per heavy atom. The zero-order valence-electron chi connectivity index (χ0n) is 15.8. The molecule has 0 amide bonds. The van der Waals surface area contributed by atoms with Crippen molar-refractivity contribution < 1.29 is 4.42 Å². The summed E-state index contributed by atoms with van der Waals surface area (Å²) < 4.78 is 7.69. The SMILES string of the molecule is C/C(C=Nn1c(C2CCCCC2)nc2ccc(Br)cc2c1=O)=C\c1ccco1. The van der Waals surface area contributed by atoms with E-state index < -0.39 is 0 Å². The Morgan fingerprint density at radius 3 is 2.86 bits per heavy atom. The molecular formula is C22H22BrN3O2. The van der Waals surface area contributed by atoms with E-state index in [2.05, 4.69) is 21.0 Å². The van der Waals surface area contributed by atoms with Crippen LogP contribution in [-0.4, -0.2) is 15.9 Å². The molecule has 0 bridgehead atoms. The standard InChI is InChI=1S/C22H22BrN3O2/c1-15(12-18-8-5-11-28-18)14-24-26-21(16-6-3-2-4-7-16)25-20-10-9-17(23)13-19(20)22(26)27/h5,8-14,16H,2-4,6-7H2,1H3/b15-12+,24-14?. The van der Waals surface area contributed by atoms with E-state index in [4.69, 9.17) is 9.40 Å². The topological polar surface area (TPSA) is 60.4 Å². The Kier molecular flexibility index (Phi) is 5.57. The Bertz CT molecular complexity index is 1090. The second-order valence-corrected chi connectivity index (χ2v) is 8.15. The first-order valence-electron chi connectivity index (χ1n) is 9.60. The molecule has 2 heterocycles. The highest BCUT2D eigenvalue weighted by atomic mass is 79.9. The highest BCUT2D eigenvalue weighted by Gasteiger charge is 2.22. The quantitative estimate of drug-likeness (QED) is 0.487. The number of allylic oxidation sites excluding steroid dienone is 1. The summed E-state index contributed by atoms with van der Waals surface area (Å²) in [5, 5.41) is 5.10. The Morgan fingerprint density at radius 2 is 2.11 bits per heavy atom. The zero-order valence-corrected chi connectivity index (χ0v) is 17.4. The minimum atomic E-state index is -0.131. The lowest BCUT2D eigenvalue weighted by Gasteiger charge is -2.22. The monoisotopic (exact) mass is 439 g/mol. The predicted molar refractivity (Wildman–Crippen MR) is 116 cm³/mol. The second kappa shape index (κ2) is 8.27. The number of hydrogen-bond donors (Lipinski definition) is 0.